The molecule has 1 N–H and O–H groups in total. The van der Waals surface area contributed by atoms with Gasteiger partial charge in [-0.25, -0.2) is 0 Å². The molecule has 3 fully saturated rings. The van der Waals surface area contributed by atoms with Crippen LogP contribution in [0.4, 0.5) is 5.69 Å². The average Bonchev–Trinajstić information content (AvgIpc) is 2.80. The van der Waals surface area contributed by atoms with Crippen molar-refractivity contribution in [3.8, 4) is 0 Å². The highest BCUT2D eigenvalue weighted by Gasteiger charge is 2.67. The van der Waals surface area contributed by atoms with E-state index in [1.54, 1.807) is 0 Å². The van der Waals surface area contributed by atoms with Crippen LogP contribution in [0.1, 0.15) is 19.3 Å². The summed E-state index contributed by atoms with van der Waals surface area (Å²) < 4.78 is 0. The highest BCUT2D eigenvalue weighted by molar-refractivity contribution is 5.95. The number of hydrogen-bond acceptors (Lipinski definition) is 1. The second-order valence-corrected chi connectivity index (χ2v) is 5.87. The Hall–Kier alpha value is -1.31. The number of anilines is 1. The molecule has 4 rings (SSSR count). The van der Waals surface area contributed by atoms with Gasteiger partial charge in [0.2, 0.25) is 5.91 Å². The van der Waals surface area contributed by atoms with Crippen molar-refractivity contribution in [1.82, 2.24) is 0 Å². The molecule has 3 saturated carbocycles. The van der Waals surface area contributed by atoms with Crippen molar-refractivity contribution >= 4 is 11.6 Å². The fourth-order valence-electron chi connectivity index (χ4n) is 4.42. The van der Waals surface area contributed by atoms with E-state index in [1.165, 1.54) is 19.3 Å². The van der Waals surface area contributed by atoms with E-state index in [9.17, 15) is 4.79 Å². The molecular weight excluding hydrogens is 210 g/mol. The zero-order valence-corrected chi connectivity index (χ0v) is 9.80. The summed E-state index contributed by atoms with van der Waals surface area (Å²) in [5, 5.41) is 3.06. The number of hydrogen-bond donors (Lipinski definition) is 1. The van der Waals surface area contributed by atoms with E-state index >= 15 is 0 Å². The first-order valence-electron chi connectivity index (χ1n) is 6.70. The normalized spacial score (nSPS) is 41.1. The molecule has 2 nitrogen and oxygen atoms in total. The molecule has 3 aliphatic carbocycles. The molecule has 1 unspecified atom stereocenters. The van der Waals surface area contributed by atoms with Crippen molar-refractivity contribution in [3.63, 3.8) is 0 Å². The third-order valence-electron chi connectivity index (χ3n) is 5.08. The molecular formula is C15H17NO. The monoisotopic (exact) mass is 227 g/mol. The molecule has 0 saturated heterocycles. The lowest BCUT2D eigenvalue weighted by Crippen LogP contribution is -2.18. The van der Waals surface area contributed by atoms with Gasteiger partial charge in [0.15, 0.2) is 0 Å². The van der Waals surface area contributed by atoms with Crippen molar-refractivity contribution in [2.24, 2.45) is 29.6 Å². The maximum absolute atomic E-state index is 12.2. The van der Waals surface area contributed by atoms with E-state index in [-0.39, 0.29) is 5.91 Å². The number of amides is 1. The summed E-state index contributed by atoms with van der Waals surface area (Å²) in [5.41, 5.74) is 0.940. The van der Waals surface area contributed by atoms with Crippen LogP contribution >= 0.6 is 0 Å². The lowest BCUT2D eigenvalue weighted by molar-refractivity contribution is -0.118. The number of nitrogens with one attached hydrogen (secondary N) is 1. The van der Waals surface area contributed by atoms with E-state index < -0.39 is 0 Å². The zero-order chi connectivity index (χ0) is 11.4. The van der Waals surface area contributed by atoms with Gasteiger partial charge in [-0.1, -0.05) is 18.2 Å². The van der Waals surface area contributed by atoms with Gasteiger partial charge in [0.05, 0.1) is 0 Å². The maximum atomic E-state index is 12.2. The van der Waals surface area contributed by atoms with Gasteiger partial charge >= 0.3 is 0 Å². The largest absolute Gasteiger partial charge is 0.326 e. The van der Waals surface area contributed by atoms with Gasteiger partial charge in [0, 0.05) is 11.6 Å². The Morgan fingerprint density at radius 2 is 1.71 bits per heavy atom. The number of carbonyl (C=O) groups is 1. The second-order valence-electron chi connectivity index (χ2n) is 5.87. The number of fused-ring (bicyclic) bond motifs is 5. The number of benzene rings is 1. The minimum Gasteiger partial charge on any atom is -0.326 e. The summed E-state index contributed by atoms with van der Waals surface area (Å²) in [6.45, 7) is 0. The Morgan fingerprint density at radius 3 is 2.35 bits per heavy atom. The maximum Gasteiger partial charge on any atom is 0.228 e. The first kappa shape index (κ1) is 9.69. The minimum atomic E-state index is 0.266. The topological polar surface area (TPSA) is 29.1 Å². The Kier molecular flexibility index (Phi) is 1.91. The molecule has 88 valence electrons. The van der Waals surface area contributed by atoms with Gasteiger partial charge in [0.1, 0.15) is 0 Å². The molecule has 0 aliphatic heterocycles. The van der Waals surface area contributed by atoms with Crippen LogP contribution in [0, 0.1) is 29.6 Å². The van der Waals surface area contributed by atoms with Gasteiger partial charge in [0.25, 0.3) is 0 Å². The summed E-state index contributed by atoms with van der Waals surface area (Å²) in [6, 6.07) is 9.83. The third-order valence-corrected chi connectivity index (χ3v) is 5.08. The zero-order valence-electron chi connectivity index (χ0n) is 9.80. The predicted octanol–water partition coefficient (Wildman–Crippen LogP) is 2.92. The van der Waals surface area contributed by atoms with Crippen LogP contribution in [0.25, 0.3) is 0 Å². The lowest BCUT2D eigenvalue weighted by Gasteiger charge is -2.09. The van der Waals surface area contributed by atoms with Crippen LogP contribution in [0.2, 0.25) is 0 Å². The first-order valence-corrected chi connectivity index (χ1v) is 6.70. The summed E-state index contributed by atoms with van der Waals surface area (Å²) in [5.74, 6) is 3.81. The van der Waals surface area contributed by atoms with Crippen LogP contribution < -0.4 is 5.32 Å². The second kappa shape index (κ2) is 3.34. The fraction of sp³-hybridized carbons (Fsp3) is 0.533. The highest BCUT2D eigenvalue weighted by Crippen LogP contribution is 2.69. The van der Waals surface area contributed by atoms with Gasteiger partial charge in [-0.2, -0.15) is 0 Å². The van der Waals surface area contributed by atoms with E-state index in [2.05, 4.69) is 5.32 Å². The Morgan fingerprint density at radius 1 is 1.06 bits per heavy atom. The summed E-state index contributed by atoms with van der Waals surface area (Å²) in [4.78, 5) is 12.2. The van der Waals surface area contributed by atoms with Crippen molar-refractivity contribution in [2.45, 2.75) is 19.3 Å². The van der Waals surface area contributed by atoms with Crippen molar-refractivity contribution in [1.29, 1.82) is 0 Å². The first-order chi connectivity index (χ1) is 8.34. The van der Waals surface area contributed by atoms with Crippen molar-refractivity contribution in [3.05, 3.63) is 30.3 Å². The smallest absolute Gasteiger partial charge is 0.228 e. The molecule has 1 aromatic rings. The summed E-state index contributed by atoms with van der Waals surface area (Å²) >= 11 is 0. The molecule has 2 heteroatoms. The predicted molar refractivity (Wildman–Crippen MR) is 66.4 cm³/mol. The van der Waals surface area contributed by atoms with Crippen LogP contribution in [0.3, 0.4) is 0 Å². The molecule has 1 aromatic carbocycles. The standard InChI is InChI=1S/C15H17NO/c17-15(16-11-4-2-1-3-5-11)14-12-9-6-7-10(8-9)13(12)14/h1-5,9-10,12-14H,6-8H2,(H,16,17)/t9-,10-,12-,13+,14?/m1/s1. The SMILES string of the molecule is O=C(Nc1ccccc1)C1[C@@H]2[C@@H]3CC[C@H](C3)[C@H]12. The van der Waals surface area contributed by atoms with Crippen LogP contribution in [-0.2, 0) is 4.79 Å². The Labute approximate surface area is 101 Å². The number of rotatable bonds is 2. The van der Waals surface area contributed by atoms with Crippen LogP contribution in [0.15, 0.2) is 30.3 Å². The molecule has 5 atom stereocenters. The van der Waals surface area contributed by atoms with E-state index in [0.717, 1.165) is 29.4 Å². The van der Waals surface area contributed by atoms with Gasteiger partial charge < -0.3 is 5.32 Å². The molecule has 3 aliphatic rings. The van der Waals surface area contributed by atoms with E-state index in [4.69, 9.17) is 0 Å². The number of para-hydroxylation sites is 1. The average molecular weight is 227 g/mol. The Balaban J connectivity index is 1.46. The van der Waals surface area contributed by atoms with Crippen molar-refractivity contribution in [2.75, 3.05) is 5.32 Å². The summed E-state index contributed by atoms with van der Waals surface area (Å²) in [6.07, 6.45) is 4.16. The van der Waals surface area contributed by atoms with Crippen LogP contribution in [0.5, 0.6) is 0 Å². The highest BCUT2D eigenvalue weighted by atomic mass is 16.2. The Bertz CT molecular complexity index is 439. The number of carbonyl (C=O) groups excluding carboxylic acids is 1. The molecule has 0 spiro atoms. The quantitative estimate of drug-likeness (QED) is 0.827. The molecule has 1 amide bonds. The molecule has 0 radical (unpaired) electrons. The molecule has 0 heterocycles. The minimum absolute atomic E-state index is 0.266. The molecule has 17 heavy (non-hydrogen) atoms. The van der Waals surface area contributed by atoms with Gasteiger partial charge in [-0.15, -0.1) is 0 Å². The van der Waals surface area contributed by atoms with Crippen LogP contribution in [-0.4, -0.2) is 5.91 Å². The lowest BCUT2D eigenvalue weighted by atomic mass is 10.0. The van der Waals surface area contributed by atoms with E-state index in [1.807, 2.05) is 30.3 Å². The molecule has 0 aromatic heterocycles. The van der Waals surface area contributed by atoms with Gasteiger partial charge in [-0.05, 0) is 55.1 Å². The fourth-order valence-corrected chi connectivity index (χ4v) is 4.42. The van der Waals surface area contributed by atoms with Gasteiger partial charge in [-0.3, -0.25) is 4.79 Å². The summed E-state index contributed by atoms with van der Waals surface area (Å²) in [7, 11) is 0. The molecule has 2 bridgehead atoms. The van der Waals surface area contributed by atoms with E-state index in [0.29, 0.717) is 5.92 Å². The third kappa shape index (κ3) is 1.36. The van der Waals surface area contributed by atoms with Crippen molar-refractivity contribution < 1.29 is 4.79 Å².